The molecule has 0 bridgehead atoms. The molecule has 7 N–H and O–H groups in total. The SMILES string of the molecule is CC(C)C[C@H](NC(=O)[C@H](Cc1ccccc1)NC(=O)[C@@H](NC(=O)[C@@H](N)CCC(=O)O)C(C)C)C(=O)O. The number of nitrogens with two attached hydrogens (primary N) is 1. The van der Waals surface area contributed by atoms with Crippen molar-refractivity contribution in [3.05, 3.63) is 35.9 Å². The Morgan fingerprint density at radius 3 is 1.92 bits per heavy atom. The molecule has 0 aliphatic carbocycles. The zero-order valence-electron chi connectivity index (χ0n) is 21.2. The highest BCUT2D eigenvalue weighted by Crippen LogP contribution is 2.10. The van der Waals surface area contributed by atoms with Gasteiger partial charge in [0.1, 0.15) is 18.1 Å². The Bertz CT molecular complexity index is 905. The molecule has 0 saturated carbocycles. The van der Waals surface area contributed by atoms with Crippen LogP contribution in [-0.4, -0.2) is 64.0 Å². The van der Waals surface area contributed by atoms with E-state index in [9.17, 15) is 29.1 Å². The van der Waals surface area contributed by atoms with Crippen LogP contribution in [-0.2, 0) is 30.4 Å². The van der Waals surface area contributed by atoms with Gasteiger partial charge in [-0.05, 0) is 30.2 Å². The lowest BCUT2D eigenvalue weighted by molar-refractivity contribution is -0.143. The number of hydrogen-bond acceptors (Lipinski definition) is 6. The number of carbonyl (C=O) groups excluding carboxylic acids is 3. The number of aliphatic carboxylic acids is 2. The third-order valence-electron chi connectivity index (χ3n) is 5.49. The van der Waals surface area contributed by atoms with Crippen molar-refractivity contribution >= 4 is 29.7 Å². The summed E-state index contributed by atoms with van der Waals surface area (Å²) in [7, 11) is 0. The molecule has 0 radical (unpaired) electrons. The van der Waals surface area contributed by atoms with E-state index in [-0.39, 0.29) is 37.5 Å². The number of carboxylic acids is 2. The Balaban J connectivity index is 3.06. The van der Waals surface area contributed by atoms with Gasteiger partial charge in [0.2, 0.25) is 17.7 Å². The van der Waals surface area contributed by atoms with Gasteiger partial charge in [-0.25, -0.2) is 4.79 Å². The van der Waals surface area contributed by atoms with Gasteiger partial charge in [0, 0.05) is 12.8 Å². The van der Waals surface area contributed by atoms with Crippen LogP contribution in [0.15, 0.2) is 30.3 Å². The number of rotatable bonds is 15. The molecular formula is C25H38N4O7. The molecule has 1 aromatic rings. The van der Waals surface area contributed by atoms with E-state index in [1.54, 1.807) is 44.2 Å². The average molecular weight is 507 g/mol. The van der Waals surface area contributed by atoms with E-state index in [1.165, 1.54) is 0 Å². The fourth-order valence-corrected chi connectivity index (χ4v) is 3.49. The van der Waals surface area contributed by atoms with Crippen molar-refractivity contribution < 1.29 is 34.2 Å². The first-order chi connectivity index (χ1) is 16.8. The predicted molar refractivity (Wildman–Crippen MR) is 133 cm³/mol. The molecule has 0 spiro atoms. The second kappa shape index (κ2) is 14.8. The summed E-state index contributed by atoms with van der Waals surface area (Å²) in [5, 5.41) is 26.0. The van der Waals surface area contributed by atoms with Gasteiger partial charge < -0.3 is 31.9 Å². The fourth-order valence-electron chi connectivity index (χ4n) is 3.49. The Morgan fingerprint density at radius 2 is 1.42 bits per heavy atom. The van der Waals surface area contributed by atoms with Crippen molar-refractivity contribution in [3.8, 4) is 0 Å². The Kier molecular flexibility index (Phi) is 12.6. The van der Waals surface area contributed by atoms with Gasteiger partial charge in [-0.15, -0.1) is 0 Å². The number of benzene rings is 1. The fraction of sp³-hybridized carbons (Fsp3) is 0.560. The third-order valence-corrected chi connectivity index (χ3v) is 5.49. The quantitative estimate of drug-likeness (QED) is 0.200. The number of amides is 3. The first-order valence-electron chi connectivity index (χ1n) is 12.0. The number of carboxylic acid groups (broad SMARTS) is 2. The van der Waals surface area contributed by atoms with E-state index in [4.69, 9.17) is 10.8 Å². The first-order valence-corrected chi connectivity index (χ1v) is 12.0. The summed E-state index contributed by atoms with van der Waals surface area (Å²) < 4.78 is 0. The Hall–Kier alpha value is -3.47. The van der Waals surface area contributed by atoms with Crippen LogP contribution in [0.5, 0.6) is 0 Å². The van der Waals surface area contributed by atoms with Gasteiger partial charge in [0.15, 0.2) is 0 Å². The van der Waals surface area contributed by atoms with Gasteiger partial charge in [-0.2, -0.15) is 0 Å². The van der Waals surface area contributed by atoms with Crippen LogP contribution < -0.4 is 21.7 Å². The van der Waals surface area contributed by atoms with Crippen LogP contribution in [0.3, 0.4) is 0 Å². The van der Waals surface area contributed by atoms with Crippen molar-refractivity contribution in [1.29, 1.82) is 0 Å². The van der Waals surface area contributed by atoms with Gasteiger partial charge in [0.25, 0.3) is 0 Å². The molecule has 200 valence electrons. The molecule has 4 atom stereocenters. The highest BCUT2D eigenvalue weighted by atomic mass is 16.4. The first kappa shape index (κ1) is 30.6. The molecule has 0 fully saturated rings. The zero-order valence-corrected chi connectivity index (χ0v) is 21.2. The minimum Gasteiger partial charge on any atom is -0.481 e. The summed E-state index contributed by atoms with van der Waals surface area (Å²) in [5.41, 5.74) is 6.51. The molecule has 11 nitrogen and oxygen atoms in total. The van der Waals surface area contributed by atoms with E-state index in [0.29, 0.717) is 0 Å². The van der Waals surface area contributed by atoms with Crippen LogP contribution in [0.4, 0.5) is 0 Å². The Morgan fingerprint density at radius 1 is 0.833 bits per heavy atom. The van der Waals surface area contributed by atoms with Crippen molar-refractivity contribution in [1.82, 2.24) is 16.0 Å². The molecule has 0 saturated heterocycles. The smallest absolute Gasteiger partial charge is 0.326 e. The molecule has 3 amide bonds. The predicted octanol–water partition coefficient (Wildman–Crippen LogP) is 0.662. The summed E-state index contributed by atoms with van der Waals surface area (Å²) in [6.45, 7) is 7.07. The maximum Gasteiger partial charge on any atom is 0.326 e. The van der Waals surface area contributed by atoms with Crippen LogP contribution >= 0.6 is 0 Å². The van der Waals surface area contributed by atoms with E-state index in [1.807, 2.05) is 13.8 Å². The van der Waals surface area contributed by atoms with Gasteiger partial charge in [0.05, 0.1) is 6.04 Å². The molecule has 0 aromatic heterocycles. The summed E-state index contributed by atoms with van der Waals surface area (Å²) in [5.74, 6) is -4.62. The molecule has 11 heteroatoms. The second-order valence-corrected chi connectivity index (χ2v) is 9.55. The highest BCUT2D eigenvalue weighted by molar-refractivity contribution is 5.94. The number of carbonyl (C=O) groups is 5. The van der Waals surface area contributed by atoms with Crippen LogP contribution in [0.2, 0.25) is 0 Å². The largest absolute Gasteiger partial charge is 0.481 e. The van der Waals surface area contributed by atoms with Gasteiger partial charge >= 0.3 is 11.9 Å². The van der Waals surface area contributed by atoms with E-state index >= 15 is 0 Å². The van der Waals surface area contributed by atoms with E-state index in [0.717, 1.165) is 5.56 Å². The monoisotopic (exact) mass is 506 g/mol. The molecule has 0 unspecified atom stereocenters. The molecule has 0 heterocycles. The van der Waals surface area contributed by atoms with Crippen LogP contribution in [0.1, 0.15) is 52.5 Å². The molecule has 0 aliphatic heterocycles. The summed E-state index contributed by atoms with van der Waals surface area (Å²) in [4.78, 5) is 61.1. The third kappa shape index (κ3) is 10.9. The molecule has 1 rings (SSSR count). The summed E-state index contributed by atoms with van der Waals surface area (Å²) >= 11 is 0. The lowest BCUT2D eigenvalue weighted by atomic mass is 9.99. The molecule has 1 aromatic carbocycles. The molecule has 36 heavy (non-hydrogen) atoms. The van der Waals surface area contributed by atoms with Crippen molar-refractivity contribution in [2.45, 2.75) is 77.5 Å². The standard InChI is InChI=1S/C25H38N4O7/c1-14(2)12-19(25(35)36)28-23(33)18(13-16-8-6-5-7-9-16)27-24(34)21(15(3)4)29-22(32)17(26)10-11-20(30)31/h5-9,14-15,17-19,21H,10-13,26H2,1-4H3,(H,27,34)(H,28,33)(H,29,32)(H,30,31)(H,35,36)/t17-,18-,19-,21-/m0/s1. The number of hydrogen-bond donors (Lipinski definition) is 6. The molecule has 0 aliphatic rings. The zero-order chi connectivity index (χ0) is 27.4. The number of nitrogens with one attached hydrogen (secondary N) is 3. The highest BCUT2D eigenvalue weighted by Gasteiger charge is 2.32. The maximum atomic E-state index is 13.2. The minimum absolute atomic E-state index is 0.0134. The topological polar surface area (TPSA) is 188 Å². The van der Waals surface area contributed by atoms with E-state index in [2.05, 4.69) is 16.0 Å². The Labute approximate surface area is 211 Å². The van der Waals surface area contributed by atoms with Crippen molar-refractivity contribution in [3.63, 3.8) is 0 Å². The summed E-state index contributed by atoms with van der Waals surface area (Å²) in [6, 6.07) is 4.51. The molecular weight excluding hydrogens is 468 g/mol. The van der Waals surface area contributed by atoms with Crippen LogP contribution in [0, 0.1) is 11.8 Å². The van der Waals surface area contributed by atoms with E-state index < -0.39 is 53.8 Å². The second-order valence-electron chi connectivity index (χ2n) is 9.55. The van der Waals surface area contributed by atoms with Crippen molar-refractivity contribution in [2.24, 2.45) is 17.6 Å². The lowest BCUT2D eigenvalue weighted by Crippen LogP contribution is -2.59. The average Bonchev–Trinajstić information content (AvgIpc) is 2.79. The van der Waals surface area contributed by atoms with Gasteiger partial charge in [-0.1, -0.05) is 58.0 Å². The summed E-state index contributed by atoms with van der Waals surface area (Å²) in [6.07, 6.45) is -0.0814. The van der Waals surface area contributed by atoms with Crippen molar-refractivity contribution in [2.75, 3.05) is 0 Å². The lowest BCUT2D eigenvalue weighted by Gasteiger charge is -2.27. The van der Waals surface area contributed by atoms with Crippen LogP contribution in [0.25, 0.3) is 0 Å². The normalized spacial score (nSPS) is 14.4. The van der Waals surface area contributed by atoms with Gasteiger partial charge in [-0.3, -0.25) is 19.2 Å². The minimum atomic E-state index is -1.18. The maximum absolute atomic E-state index is 13.2.